The highest BCUT2D eigenvalue weighted by Gasteiger charge is 2.33. The molecular formula is C17H20N4O5S. The monoisotopic (exact) mass is 392 g/mol. The highest BCUT2D eigenvalue weighted by molar-refractivity contribution is 7.89. The molecule has 0 spiro atoms. The minimum atomic E-state index is -3.73. The van der Waals surface area contributed by atoms with E-state index in [1.165, 1.54) is 28.6 Å². The van der Waals surface area contributed by atoms with Crippen molar-refractivity contribution in [3.05, 3.63) is 51.3 Å². The molecule has 9 nitrogen and oxygen atoms in total. The Balaban J connectivity index is 1.97. The smallest absolute Gasteiger partial charge is 0.267 e. The molecule has 0 N–H and O–H groups in total. The van der Waals surface area contributed by atoms with E-state index in [-0.39, 0.29) is 27.5 Å². The molecule has 1 fully saturated rings. The summed E-state index contributed by atoms with van der Waals surface area (Å²) in [5.41, 5.74) is 0.552. The lowest BCUT2D eigenvalue weighted by Gasteiger charge is -2.25. The van der Waals surface area contributed by atoms with Crippen molar-refractivity contribution in [2.24, 2.45) is 0 Å². The van der Waals surface area contributed by atoms with Gasteiger partial charge in [0, 0.05) is 30.8 Å². The molecule has 3 rings (SSSR count). The van der Waals surface area contributed by atoms with Crippen LogP contribution in [0.4, 0.5) is 5.69 Å². The first-order chi connectivity index (χ1) is 12.7. The van der Waals surface area contributed by atoms with Crippen molar-refractivity contribution in [2.45, 2.75) is 38.0 Å². The minimum Gasteiger partial charge on any atom is -0.267 e. The van der Waals surface area contributed by atoms with Gasteiger partial charge in [-0.25, -0.2) is 8.42 Å². The summed E-state index contributed by atoms with van der Waals surface area (Å²) < 4.78 is 28.5. The zero-order chi connectivity index (χ0) is 19.8. The topological polar surface area (TPSA) is 115 Å². The second-order valence-electron chi connectivity index (χ2n) is 6.49. The summed E-state index contributed by atoms with van der Waals surface area (Å²) in [5.74, 6) is -0.536. The van der Waals surface area contributed by atoms with Gasteiger partial charge in [0.1, 0.15) is 4.90 Å². The highest BCUT2D eigenvalue weighted by atomic mass is 32.2. The predicted molar refractivity (Wildman–Crippen MR) is 97.1 cm³/mol. The maximum Gasteiger partial charge on any atom is 0.278 e. The summed E-state index contributed by atoms with van der Waals surface area (Å²) in [4.78, 5) is 23.0. The number of hydrogen-bond acceptors (Lipinski definition) is 6. The van der Waals surface area contributed by atoms with Crippen LogP contribution in [0.3, 0.4) is 0 Å². The van der Waals surface area contributed by atoms with E-state index in [1.807, 2.05) is 0 Å². The lowest BCUT2D eigenvalue weighted by molar-refractivity contribution is -0.384. The van der Waals surface area contributed by atoms with E-state index in [0.29, 0.717) is 13.1 Å². The quantitative estimate of drug-likeness (QED) is 0.582. The largest absolute Gasteiger partial charge is 0.278 e. The van der Waals surface area contributed by atoms with Crippen LogP contribution >= 0.6 is 0 Å². The van der Waals surface area contributed by atoms with Crippen LogP contribution in [0.1, 0.15) is 41.0 Å². The molecule has 1 aliphatic rings. The number of carbonyl (C=O) groups is 1. The molecular weight excluding hydrogens is 372 g/mol. The Morgan fingerprint density at radius 3 is 2.26 bits per heavy atom. The van der Waals surface area contributed by atoms with Gasteiger partial charge in [-0.05, 0) is 38.8 Å². The molecule has 0 unspecified atom stereocenters. The van der Waals surface area contributed by atoms with Crippen LogP contribution in [0.25, 0.3) is 0 Å². The Hall–Kier alpha value is -2.59. The molecule has 0 amide bonds. The highest BCUT2D eigenvalue weighted by Crippen LogP contribution is 2.26. The first kappa shape index (κ1) is 19.2. The zero-order valence-corrected chi connectivity index (χ0v) is 15.9. The van der Waals surface area contributed by atoms with E-state index in [9.17, 15) is 23.3 Å². The number of aromatic nitrogens is 2. The Kier molecular flexibility index (Phi) is 5.11. The van der Waals surface area contributed by atoms with E-state index in [0.717, 1.165) is 23.9 Å². The van der Waals surface area contributed by atoms with E-state index in [1.54, 1.807) is 13.8 Å². The standard InChI is InChI=1S/C17H20N4O5S/c1-12-16(27(25,26)19-10-4-3-5-11-19)13(2)20(18-12)17(22)14-6-8-15(9-7-14)21(23)24/h6-9H,3-5,10-11H2,1-2H3. The van der Waals surface area contributed by atoms with Crippen molar-refractivity contribution in [3.8, 4) is 0 Å². The summed E-state index contributed by atoms with van der Waals surface area (Å²) >= 11 is 0. The molecule has 27 heavy (non-hydrogen) atoms. The maximum absolute atomic E-state index is 13.0. The average Bonchev–Trinajstić information content (AvgIpc) is 2.96. The summed E-state index contributed by atoms with van der Waals surface area (Å²) in [6, 6.07) is 5.11. The fourth-order valence-electron chi connectivity index (χ4n) is 3.28. The number of rotatable bonds is 4. The molecule has 0 radical (unpaired) electrons. The second-order valence-corrected chi connectivity index (χ2v) is 8.36. The van der Waals surface area contributed by atoms with Crippen LogP contribution in [-0.2, 0) is 10.0 Å². The van der Waals surface area contributed by atoms with Gasteiger partial charge in [0.05, 0.1) is 16.3 Å². The number of nitro benzene ring substituents is 1. The Morgan fingerprint density at radius 2 is 1.70 bits per heavy atom. The lowest BCUT2D eigenvalue weighted by Crippen LogP contribution is -2.36. The van der Waals surface area contributed by atoms with Gasteiger partial charge < -0.3 is 0 Å². The van der Waals surface area contributed by atoms with Gasteiger partial charge in [0.25, 0.3) is 11.6 Å². The molecule has 0 aliphatic carbocycles. The first-order valence-electron chi connectivity index (χ1n) is 8.59. The van der Waals surface area contributed by atoms with Crippen molar-refractivity contribution in [1.29, 1.82) is 0 Å². The van der Waals surface area contributed by atoms with Crippen LogP contribution in [-0.4, -0.2) is 46.4 Å². The predicted octanol–water partition coefficient (Wildman–Crippen LogP) is 2.27. The van der Waals surface area contributed by atoms with Crippen LogP contribution < -0.4 is 0 Å². The minimum absolute atomic E-state index is 0.0552. The van der Waals surface area contributed by atoms with Crippen LogP contribution in [0.15, 0.2) is 29.2 Å². The number of hydrogen-bond donors (Lipinski definition) is 0. The lowest BCUT2D eigenvalue weighted by atomic mass is 10.2. The molecule has 2 heterocycles. The summed E-state index contributed by atoms with van der Waals surface area (Å²) in [7, 11) is -3.73. The molecule has 1 aliphatic heterocycles. The SMILES string of the molecule is Cc1nn(C(=O)c2ccc([N+](=O)[O-])cc2)c(C)c1S(=O)(=O)N1CCCCC1. The number of piperidine rings is 1. The molecule has 1 saturated heterocycles. The molecule has 2 aromatic rings. The molecule has 10 heteroatoms. The summed E-state index contributed by atoms with van der Waals surface area (Å²) in [6.07, 6.45) is 2.63. The Morgan fingerprint density at radius 1 is 1.11 bits per heavy atom. The normalized spacial score (nSPS) is 15.6. The van der Waals surface area contributed by atoms with Crippen LogP contribution in [0.5, 0.6) is 0 Å². The Labute approximate surface area is 156 Å². The van der Waals surface area contributed by atoms with E-state index >= 15 is 0 Å². The number of sulfonamides is 1. The van der Waals surface area contributed by atoms with Gasteiger partial charge >= 0.3 is 0 Å². The number of aryl methyl sites for hydroxylation is 1. The van der Waals surface area contributed by atoms with E-state index < -0.39 is 20.9 Å². The van der Waals surface area contributed by atoms with Crippen molar-refractivity contribution < 1.29 is 18.1 Å². The fraction of sp³-hybridized carbons (Fsp3) is 0.412. The molecule has 0 bridgehead atoms. The van der Waals surface area contributed by atoms with Crippen molar-refractivity contribution >= 4 is 21.6 Å². The van der Waals surface area contributed by atoms with Gasteiger partial charge in [0.2, 0.25) is 10.0 Å². The Bertz CT molecular complexity index is 989. The molecule has 0 atom stereocenters. The summed E-state index contributed by atoms with van der Waals surface area (Å²) in [5, 5.41) is 14.9. The third-order valence-corrected chi connectivity index (χ3v) is 6.81. The van der Waals surface area contributed by atoms with Gasteiger partial charge in [-0.2, -0.15) is 14.1 Å². The maximum atomic E-state index is 13.0. The molecule has 1 aromatic carbocycles. The number of nitrogens with zero attached hydrogens (tertiary/aromatic N) is 4. The van der Waals surface area contributed by atoms with Gasteiger partial charge in [0.15, 0.2) is 0 Å². The van der Waals surface area contributed by atoms with Gasteiger partial charge in [-0.1, -0.05) is 6.42 Å². The number of benzene rings is 1. The van der Waals surface area contributed by atoms with Crippen LogP contribution in [0, 0.1) is 24.0 Å². The summed E-state index contributed by atoms with van der Waals surface area (Å²) in [6.45, 7) is 4.02. The zero-order valence-electron chi connectivity index (χ0n) is 15.1. The first-order valence-corrected chi connectivity index (χ1v) is 10.0. The van der Waals surface area contributed by atoms with Crippen molar-refractivity contribution in [2.75, 3.05) is 13.1 Å². The van der Waals surface area contributed by atoms with Crippen molar-refractivity contribution in [3.63, 3.8) is 0 Å². The van der Waals surface area contributed by atoms with Gasteiger partial charge in [-0.3, -0.25) is 14.9 Å². The molecule has 1 aromatic heterocycles. The van der Waals surface area contributed by atoms with E-state index in [2.05, 4.69) is 5.10 Å². The average molecular weight is 392 g/mol. The van der Waals surface area contributed by atoms with Crippen molar-refractivity contribution in [1.82, 2.24) is 14.1 Å². The number of nitro groups is 1. The third-order valence-electron chi connectivity index (χ3n) is 4.66. The molecule has 144 valence electrons. The third kappa shape index (κ3) is 3.50. The van der Waals surface area contributed by atoms with Crippen LogP contribution in [0.2, 0.25) is 0 Å². The molecule has 0 saturated carbocycles. The number of non-ortho nitro benzene ring substituents is 1. The fourth-order valence-corrected chi connectivity index (χ4v) is 5.15. The number of carbonyl (C=O) groups excluding carboxylic acids is 1. The van der Waals surface area contributed by atoms with E-state index in [4.69, 9.17) is 0 Å². The second kappa shape index (κ2) is 7.20. The van der Waals surface area contributed by atoms with Gasteiger partial charge in [-0.15, -0.1) is 0 Å².